The van der Waals surface area contributed by atoms with Gasteiger partial charge in [-0.3, -0.25) is 29.8 Å². The highest BCUT2D eigenvalue weighted by Crippen LogP contribution is 2.28. The molecule has 1 rings (SSSR count). The van der Waals surface area contributed by atoms with E-state index in [9.17, 15) is 39.7 Å². The van der Waals surface area contributed by atoms with E-state index in [0.717, 1.165) is 12.1 Å². The minimum atomic E-state index is -1.24. The number of rotatable bonds is 15. The second-order valence-electron chi connectivity index (χ2n) is 8.50. The van der Waals surface area contributed by atoms with Crippen LogP contribution in [0.15, 0.2) is 18.2 Å². The first-order valence-electron chi connectivity index (χ1n) is 11.1. The van der Waals surface area contributed by atoms with Crippen molar-refractivity contribution in [2.24, 2.45) is 11.7 Å². The molecule has 0 aliphatic carbocycles. The summed E-state index contributed by atoms with van der Waals surface area (Å²) < 4.78 is 0. The summed E-state index contributed by atoms with van der Waals surface area (Å²) in [4.78, 5) is 56.4. The summed E-state index contributed by atoms with van der Waals surface area (Å²) in [5.74, 6) is -2.22. The normalized spacial score (nSPS) is 13.4. The van der Waals surface area contributed by atoms with Crippen molar-refractivity contribution in [2.75, 3.05) is 11.9 Å². The topological polar surface area (TPSA) is 220 Å². The van der Waals surface area contributed by atoms with Gasteiger partial charge in [-0.2, -0.15) is 0 Å². The monoisotopic (exact) mass is 496 g/mol. The fraction of sp³-hybridized carbons (Fsp3) is 0.571. The highest BCUT2D eigenvalue weighted by Gasteiger charge is 2.25. The minimum Gasteiger partial charge on any atom is -0.480 e. The molecule has 0 radical (unpaired) electrons. The molecule has 1 aromatic carbocycles. The maximum absolute atomic E-state index is 12.3. The Hall–Kier alpha value is -3.81. The van der Waals surface area contributed by atoms with E-state index < -0.39 is 57.1 Å². The van der Waals surface area contributed by atoms with Gasteiger partial charge in [-0.25, -0.2) is 4.79 Å². The first kappa shape index (κ1) is 29.2. The van der Waals surface area contributed by atoms with Crippen molar-refractivity contribution < 1.29 is 29.3 Å². The summed E-state index contributed by atoms with van der Waals surface area (Å²) in [5, 5.41) is 39.0. The quantitative estimate of drug-likeness (QED) is 0.134. The Bertz CT molecular complexity index is 938. The number of amides is 2. The molecule has 1 aromatic rings. The first-order valence-corrected chi connectivity index (χ1v) is 11.1. The highest BCUT2D eigenvalue weighted by molar-refractivity contribution is 5.91. The van der Waals surface area contributed by atoms with E-state index in [2.05, 4.69) is 16.0 Å². The number of nitrogens with zero attached hydrogens (tertiary/aromatic N) is 2. The van der Waals surface area contributed by atoms with Gasteiger partial charge in [0.15, 0.2) is 0 Å². The van der Waals surface area contributed by atoms with Crippen LogP contribution in [0.3, 0.4) is 0 Å². The molecule has 0 saturated carbocycles. The molecule has 194 valence electrons. The van der Waals surface area contributed by atoms with Crippen molar-refractivity contribution >= 4 is 34.8 Å². The lowest BCUT2D eigenvalue weighted by Gasteiger charge is -2.21. The Morgan fingerprint density at radius 3 is 2.23 bits per heavy atom. The largest absolute Gasteiger partial charge is 0.480 e. The lowest BCUT2D eigenvalue weighted by molar-refractivity contribution is -0.393. The molecule has 6 N–H and O–H groups in total. The van der Waals surface area contributed by atoms with E-state index in [0.29, 0.717) is 19.3 Å². The lowest BCUT2D eigenvalue weighted by atomic mass is 10.0. The molecule has 35 heavy (non-hydrogen) atoms. The molecule has 0 saturated heterocycles. The van der Waals surface area contributed by atoms with Crippen LogP contribution in [0.1, 0.15) is 46.5 Å². The van der Waals surface area contributed by atoms with Crippen molar-refractivity contribution in [2.45, 2.75) is 64.6 Å². The third-order valence-corrected chi connectivity index (χ3v) is 5.05. The fourth-order valence-corrected chi connectivity index (χ4v) is 3.19. The van der Waals surface area contributed by atoms with Crippen LogP contribution in [0.2, 0.25) is 0 Å². The molecule has 0 heterocycles. The first-order chi connectivity index (χ1) is 16.3. The zero-order chi connectivity index (χ0) is 26.7. The number of nitrogens with one attached hydrogen (secondary N) is 3. The van der Waals surface area contributed by atoms with Gasteiger partial charge in [-0.15, -0.1) is 0 Å². The molecule has 14 heteroatoms. The Balaban J connectivity index is 2.55. The molecule has 3 atom stereocenters. The predicted molar refractivity (Wildman–Crippen MR) is 127 cm³/mol. The van der Waals surface area contributed by atoms with Crippen molar-refractivity contribution in [3.8, 4) is 0 Å². The van der Waals surface area contributed by atoms with E-state index in [4.69, 9.17) is 5.73 Å². The van der Waals surface area contributed by atoms with Crippen molar-refractivity contribution in [3.05, 3.63) is 38.4 Å². The number of unbranched alkanes of at least 4 members (excludes halogenated alkanes) is 1. The smallest absolute Gasteiger partial charge is 0.326 e. The van der Waals surface area contributed by atoms with Gasteiger partial charge in [-0.05, 0) is 44.6 Å². The summed E-state index contributed by atoms with van der Waals surface area (Å²) in [6.07, 6.45) is 1.28. The lowest BCUT2D eigenvalue weighted by Crippen LogP contribution is -2.53. The van der Waals surface area contributed by atoms with E-state index >= 15 is 0 Å². The molecule has 0 bridgehead atoms. The van der Waals surface area contributed by atoms with Crippen LogP contribution >= 0.6 is 0 Å². The number of hydrogen-bond acceptors (Lipinski definition) is 9. The molecular weight excluding hydrogens is 464 g/mol. The molecule has 0 spiro atoms. The number of anilines is 1. The Labute approximate surface area is 201 Å². The molecule has 0 fully saturated rings. The zero-order valence-electron chi connectivity index (χ0n) is 19.9. The minimum absolute atomic E-state index is 0.0820. The van der Waals surface area contributed by atoms with Crippen LogP contribution in [-0.4, -0.2) is 57.4 Å². The number of hydrogen-bond donors (Lipinski definition) is 5. The van der Waals surface area contributed by atoms with E-state index in [1.54, 1.807) is 0 Å². The number of carbonyl (C=O) groups is 3. The number of non-ortho nitro benzene ring substituents is 1. The maximum atomic E-state index is 12.3. The second-order valence-corrected chi connectivity index (χ2v) is 8.50. The van der Waals surface area contributed by atoms with Gasteiger partial charge in [0, 0.05) is 12.6 Å². The number of aliphatic carboxylic acids is 1. The second kappa shape index (κ2) is 13.8. The summed E-state index contributed by atoms with van der Waals surface area (Å²) in [6, 6.07) is 0.278. The number of benzene rings is 1. The summed E-state index contributed by atoms with van der Waals surface area (Å²) in [5.41, 5.74) is 5.04. The number of carbonyl (C=O) groups excluding carboxylic acids is 2. The predicted octanol–water partition coefficient (Wildman–Crippen LogP) is 1.53. The summed E-state index contributed by atoms with van der Waals surface area (Å²) >= 11 is 0. The highest BCUT2D eigenvalue weighted by atomic mass is 16.6. The van der Waals surface area contributed by atoms with Crippen molar-refractivity contribution in [1.82, 2.24) is 10.6 Å². The zero-order valence-corrected chi connectivity index (χ0v) is 19.9. The van der Waals surface area contributed by atoms with Gasteiger partial charge in [0.25, 0.3) is 11.4 Å². The number of nitro benzene ring substituents is 2. The number of nitrogens with two attached hydrogens (primary N) is 1. The average molecular weight is 497 g/mol. The third kappa shape index (κ3) is 9.92. The Kier molecular flexibility index (Phi) is 11.5. The van der Waals surface area contributed by atoms with E-state index in [1.165, 1.54) is 13.0 Å². The molecular formula is C21H32N6O8. The van der Waals surface area contributed by atoms with Crippen LogP contribution in [-0.2, 0) is 14.4 Å². The van der Waals surface area contributed by atoms with Crippen LogP contribution < -0.4 is 21.7 Å². The van der Waals surface area contributed by atoms with Gasteiger partial charge < -0.3 is 26.8 Å². The molecule has 0 aliphatic heterocycles. The van der Waals surface area contributed by atoms with Gasteiger partial charge in [0.05, 0.1) is 22.0 Å². The van der Waals surface area contributed by atoms with Gasteiger partial charge in [0.1, 0.15) is 17.8 Å². The molecule has 0 unspecified atom stereocenters. The molecule has 0 aliphatic rings. The standard InChI is InChI=1S/C21H32N6O8/c1-12(2)10-15(22)20(29)24-13(3)19(28)25-17(21(30)31)6-4-5-9-23-16-8-7-14(26(32)33)11-18(16)27(34)35/h7-8,11-13,15,17,23H,4-6,9-10,22H2,1-3H3,(H,24,29)(H,25,28)(H,30,31)/t13-,15-,17-/m0/s1. The fourth-order valence-electron chi connectivity index (χ4n) is 3.19. The SMILES string of the molecule is CC(C)C[C@H](N)C(=O)N[C@@H](C)C(=O)N[C@@H](CCCCNc1ccc([N+](=O)[O-])cc1[N+](=O)[O-])C(=O)O. The molecule has 0 aromatic heterocycles. The summed E-state index contributed by atoms with van der Waals surface area (Å²) in [7, 11) is 0. The van der Waals surface area contributed by atoms with Crippen LogP contribution in [0.4, 0.5) is 17.1 Å². The van der Waals surface area contributed by atoms with E-state index in [1.807, 2.05) is 13.8 Å². The number of carboxylic acids is 1. The molecule has 2 amide bonds. The average Bonchev–Trinajstić information content (AvgIpc) is 2.76. The third-order valence-electron chi connectivity index (χ3n) is 5.05. The Morgan fingerprint density at radius 1 is 1.03 bits per heavy atom. The van der Waals surface area contributed by atoms with Gasteiger partial charge in [-0.1, -0.05) is 13.8 Å². The van der Waals surface area contributed by atoms with Crippen molar-refractivity contribution in [3.63, 3.8) is 0 Å². The van der Waals surface area contributed by atoms with Crippen LogP contribution in [0, 0.1) is 26.1 Å². The van der Waals surface area contributed by atoms with Crippen LogP contribution in [0.5, 0.6) is 0 Å². The molecule has 14 nitrogen and oxygen atoms in total. The summed E-state index contributed by atoms with van der Waals surface area (Å²) in [6.45, 7) is 5.47. The van der Waals surface area contributed by atoms with Gasteiger partial charge in [0.2, 0.25) is 11.8 Å². The van der Waals surface area contributed by atoms with Crippen molar-refractivity contribution in [1.29, 1.82) is 0 Å². The van der Waals surface area contributed by atoms with Crippen LogP contribution in [0.25, 0.3) is 0 Å². The number of nitro groups is 2. The van der Waals surface area contributed by atoms with Gasteiger partial charge >= 0.3 is 5.97 Å². The Morgan fingerprint density at radius 2 is 1.69 bits per heavy atom. The van der Waals surface area contributed by atoms with E-state index in [-0.39, 0.29) is 24.6 Å². The number of carboxylic acid groups (broad SMARTS) is 1. The maximum Gasteiger partial charge on any atom is 0.326 e.